The van der Waals surface area contributed by atoms with Gasteiger partial charge in [0, 0.05) is 17.7 Å². The van der Waals surface area contributed by atoms with Gasteiger partial charge in [-0.15, -0.1) is 0 Å². The number of fused-ring (bicyclic) bond motifs is 1. The molecule has 0 spiro atoms. The van der Waals surface area contributed by atoms with Gasteiger partial charge in [-0.05, 0) is 35.9 Å². The minimum Gasteiger partial charge on any atom is -0.497 e. The Hall–Kier alpha value is -3.09. The number of amides is 1. The van der Waals surface area contributed by atoms with Gasteiger partial charge in [0.1, 0.15) is 23.9 Å². The number of ether oxygens (including phenoxy) is 3. The average Bonchev–Trinajstić information content (AvgIpc) is 2.64. The van der Waals surface area contributed by atoms with Crippen molar-refractivity contribution in [3.63, 3.8) is 0 Å². The Labute approximate surface area is 149 Å². The van der Waals surface area contributed by atoms with Crippen LogP contribution in [0.4, 0.5) is 10.1 Å². The molecule has 1 amide bonds. The lowest BCUT2D eigenvalue weighted by Gasteiger charge is -2.24. The van der Waals surface area contributed by atoms with Gasteiger partial charge in [-0.1, -0.05) is 6.07 Å². The first-order chi connectivity index (χ1) is 12.5. The van der Waals surface area contributed by atoms with Crippen LogP contribution in [0.2, 0.25) is 0 Å². The zero-order valence-electron chi connectivity index (χ0n) is 14.4. The normalized spacial score (nSPS) is 15.7. The van der Waals surface area contributed by atoms with Crippen molar-refractivity contribution in [2.45, 2.75) is 18.9 Å². The van der Waals surface area contributed by atoms with Gasteiger partial charge >= 0.3 is 5.97 Å². The monoisotopic (exact) mass is 359 g/mol. The molecule has 1 aliphatic rings. The topological polar surface area (TPSA) is 73.9 Å². The van der Waals surface area contributed by atoms with Crippen LogP contribution >= 0.6 is 0 Å². The molecule has 2 aromatic rings. The van der Waals surface area contributed by atoms with E-state index in [4.69, 9.17) is 14.2 Å². The predicted octanol–water partition coefficient (Wildman–Crippen LogP) is 3.01. The Morgan fingerprint density at radius 3 is 2.73 bits per heavy atom. The summed E-state index contributed by atoms with van der Waals surface area (Å²) in [6, 6.07) is 9.10. The zero-order chi connectivity index (χ0) is 18.7. The van der Waals surface area contributed by atoms with Crippen molar-refractivity contribution in [2.75, 3.05) is 19.5 Å². The van der Waals surface area contributed by atoms with Crippen LogP contribution in [0.25, 0.3) is 0 Å². The highest BCUT2D eigenvalue weighted by Gasteiger charge is 2.32. The van der Waals surface area contributed by atoms with E-state index in [1.54, 1.807) is 18.2 Å². The summed E-state index contributed by atoms with van der Waals surface area (Å²) in [5.74, 6) is -1.02. The molecule has 6 nitrogen and oxygen atoms in total. The van der Waals surface area contributed by atoms with Gasteiger partial charge in [-0.3, -0.25) is 9.59 Å². The Kier molecular flexibility index (Phi) is 5.06. The lowest BCUT2D eigenvalue weighted by molar-refractivity contribution is -0.148. The molecule has 0 saturated heterocycles. The summed E-state index contributed by atoms with van der Waals surface area (Å²) >= 11 is 0. The number of hydrogen-bond acceptors (Lipinski definition) is 5. The lowest BCUT2D eigenvalue weighted by Crippen LogP contribution is -2.28. The lowest BCUT2D eigenvalue weighted by atomic mass is 9.90. The maximum absolute atomic E-state index is 13.4. The van der Waals surface area contributed by atoms with E-state index in [2.05, 4.69) is 5.32 Å². The molecule has 1 atom stereocenters. The number of carbonyl (C=O) groups excluding carboxylic acids is 2. The quantitative estimate of drug-likeness (QED) is 0.831. The summed E-state index contributed by atoms with van der Waals surface area (Å²) in [5.41, 5.74) is 1.47. The summed E-state index contributed by atoms with van der Waals surface area (Å²) < 4.78 is 29.2. The molecule has 1 N–H and O–H groups in total. The van der Waals surface area contributed by atoms with Crippen molar-refractivity contribution in [3.05, 3.63) is 53.3 Å². The molecular weight excluding hydrogens is 341 g/mol. The molecule has 0 bridgehead atoms. The molecule has 0 aromatic heterocycles. The first-order valence-corrected chi connectivity index (χ1v) is 7.98. The second-order valence-electron chi connectivity index (χ2n) is 5.82. The second-order valence-corrected chi connectivity index (χ2v) is 5.82. The van der Waals surface area contributed by atoms with Gasteiger partial charge in [0.15, 0.2) is 0 Å². The zero-order valence-corrected chi connectivity index (χ0v) is 14.4. The maximum Gasteiger partial charge on any atom is 0.314 e. The summed E-state index contributed by atoms with van der Waals surface area (Å²) in [6.07, 6.45) is -0.0489. The molecule has 7 heteroatoms. The molecule has 26 heavy (non-hydrogen) atoms. The van der Waals surface area contributed by atoms with Crippen molar-refractivity contribution in [1.29, 1.82) is 0 Å². The Bertz CT molecular complexity index is 852. The number of benzene rings is 2. The number of anilines is 1. The molecule has 0 radical (unpaired) electrons. The van der Waals surface area contributed by atoms with Gasteiger partial charge in [-0.2, -0.15) is 0 Å². The van der Waals surface area contributed by atoms with E-state index < -0.39 is 17.7 Å². The van der Waals surface area contributed by atoms with Crippen LogP contribution in [-0.2, 0) is 20.9 Å². The number of carbonyl (C=O) groups is 2. The van der Waals surface area contributed by atoms with Crippen molar-refractivity contribution in [3.8, 4) is 11.5 Å². The average molecular weight is 359 g/mol. The van der Waals surface area contributed by atoms with E-state index >= 15 is 0 Å². The standard InChI is InChI=1S/C19H18FNO5/c1-24-13-4-6-17(25-2)11(7-13)10-26-19(23)15-9-18(22)21-16-8-12(20)3-5-14(15)16/h3-8,15H,9-10H2,1-2H3,(H,21,22). The maximum atomic E-state index is 13.4. The highest BCUT2D eigenvalue weighted by atomic mass is 19.1. The SMILES string of the molecule is COc1ccc(OC)c(COC(=O)C2CC(=O)Nc3cc(F)ccc32)c1. The van der Waals surface area contributed by atoms with Crippen LogP contribution in [0.5, 0.6) is 11.5 Å². The van der Waals surface area contributed by atoms with Crippen LogP contribution in [0.15, 0.2) is 36.4 Å². The number of halogens is 1. The van der Waals surface area contributed by atoms with Crippen LogP contribution in [0.1, 0.15) is 23.5 Å². The van der Waals surface area contributed by atoms with Gasteiger partial charge in [0.2, 0.25) is 5.91 Å². The Balaban J connectivity index is 1.78. The first kappa shape index (κ1) is 17.7. The highest BCUT2D eigenvalue weighted by molar-refractivity contribution is 5.99. The summed E-state index contributed by atoms with van der Waals surface area (Å²) in [4.78, 5) is 24.4. The molecule has 1 heterocycles. The Morgan fingerprint density at radius 2 is 2.00 bits per heavy atom. The molecule has 3 rings (SSSR count). The molecule has 136 valence electrons. The smallest absolute Gasteiger partial charge is 0.314 e. The number of nitrogens with one attached hydrogen (secondary N) is 1. The number of hydrogen-bond donors (Lipinski definition) is 1. The fourth-order valence-electron chi connectivity index (χ4n) is 2.89. The first-order valence-electron chi connectivity index (χ1n) is 7.98. The highest BCUT2D eigenvalue weighted by Crippen LogP contribution is 2.34. The summed E-state index contributed by atoms with van der Waals surface area (Å²) in [7, 11) is 3.05. The molecule has 0 fully saturated rings. The van der Waals surface area contributed by atoms with Gasteiger partial charge < -0.3 is 19.5 Å². The number of esters is 1. The molecular formula is C19H18FNO5. The van der Waals surface area contributed by atoms with Crippen molar-refractivity contribution in [1.82, 2.24) is 0 Å². The van der Waals surface area contributed by atoms with Crippen molar-refractivity contribution < 1.29 is 28.2 Å². The van der Waals surface area contributed by atoms with Crippen molar-refractivity contribution in [2.24, 2.45) is 0 Å². The summed E-state index contributed by atoms with van der Waals surface area (Å²) in [6.45, 7) is -0.0339. The third-order valence-electron chi connectivity index (χ3n) is 4.20. The predicted molar refractivity (Wildman–Crippen MR) is 91.7 cm³/mol. The fraction of sp³-hybridized carbons (Fsp3) is 0.263. The van der Waals surface area contributed by atoms with Crippen molar-refractivity contribution >= 4 is 17.6 Å². The molecule has 0 saturated carbocycles. The second kappa shape index (κ2) is 7.43. The summed E-state index contributed by atoms with van der Waals surface area (Å²) in [5, 5.41) is 2.57. The molecule has 0 aliphatic carbocycles. The number of methoxy groups -OCH3 is 2. The molecule has 1 unspecified atom stereocenters. The fourth-order valence-corrected chi connectivity index (χ4v) is 2.89. The minimum atomic E-state index is -0.782. The van der Waals surface area contributed by atoms with Crippen LogP contribution < -0.4 is 14.8 Å². The molecule has 1 aliphatic heterocycles. The Morgan fingerprint density at radius 1 is 1.19 bits per heavy atom. The minimum absolute atomic E-state index is 0.0339. The van der Waals surface area contributed by atoms with Crippen LogP contribution in [-0.4, -0.2) is 26.1 Å². The third-order valence-corrected chi connectivity index (χ3v) is 4.20. The van der Waals surface area contributed by atoms with E-state index in [1.807, 2.05) is 0 Å². The number of rotatable bonds is 5. The van der Waals surface area contributed by atoms with Gasteiger partial charge in [-0.25, -0.2) is 4.39 Å². The van der Waals surface area contributed by atoms with E-state index in [0.717, 1.165) is 0 Å². The van der Waals surface area contributed by atoms with E-state index in [-0.39, 0.29) is 18.9 Å². The third kappa shape index (κ3) is 3.61. The van der Waals surface area contributed by atoms with Crippen LogP contribution in [0.3, 0.4) is 0 Å². The molecule has 2 aromatic carbocycles. The van der Waals surface area contributed by atoms with Gasteiger partial charge in [0.05, 0.1) is 20.1 Å². The van der Waals surface area contributed by atoms with Crippen LogP contribution in [0, 0.1) is 5.82 Å². The van der Waals surface area contributed by atoms with E-state index in [1.165, 1.54) is 32.4 Å². The van der Waals surface area contributed by atoms with E-state index in [9.17, 15) is 14.0 Å². The van der Waals surface area contributed by atoms with E-state index in [0.29, 0.717) is 28.3 Å². The van der Waals surface area contributed by atoms with Gasteiger partial charge in [0.25, 0.3) is 0 Å². The largest absolute Gasteiger partial charge is 0.497 e.